The molecule has 0 N–H and O–H groups in total. The normalized spacial score (nSPS) is 15.4. The van der Waals surface area contributed by atoms with E-state index >= 15 is 0 Å². The zero-order valence-corrected chi connectivity index (χ0v) is 9.11. The lowest BCUT2D eigenvalue weighted by Gasteiger charge is -2.14. The molecule has 0 spiro atoms. The first-order valence-corrected chi connectivity index (χ1v) is 5.57. The maximum atomic E-state index is 3.27. The molecule has 15 heavy (non-hydrogen) atoms. The van der Waals surface area contributed by atoms with E-state index in [0.717, 1.165) is 6.42 Å². The molecule has 0 heterocycles. The summed E-state index contributed by atoms with van der Waals surface area (Å²) in [6.45, 7) is 2.25. The lowest BCUT2D eigenvalue weighted by atomic mass is 9.90. The second-order valence-corrected chi connectivity index (χ2v) is 3.92. The van der Waals surface area contributed by atoms with Crippen LogP contribution in [0.2, 0.25) is 0 Å². The van der Waals surface area contributed by atoms with E-state index in [1.54, 1.807) is 0 Å². The molecule has 1 aromatic rings. The first-order chi connectivity index (χ1) is 7.40. The van der Waals surface area contributed by atoms with Gasteiger partial charge in [0, 0.05) is 0 Å². The molecule has 0 nitrogen and oxygen atoms in total. The second kappa shape index (κ2) is 4.82. The van der Waals surface area contributed by atoms with Crippen LogP contribution in [0.15, 0.2) is 59.9 Å². The molecule has 1 aliphatic carbocycles. The smallest absolute Gasteiger partial charge is 0.00541 e. The Morgan fingerprint density at radius 3 is 2.60 bits per heavy atom. The molecular weight excluding hydrogens is 180 g/mol. The number of rotatable bonds is 4. The molecule has 0 saturated heterocycles. The highest BCUT2D eigenvalue weighted by Gasteiger charge is 2.10. The molecule has 0 unspecified atom stereocenters. The van der Waals surface area contributed by atoms with E-state index in [4.69, 9.17) is 0 Å². The van der Waals surface area contributed by atoms with E-state index in [-0.39, 0.29) is 0 Å². The van der Waals surface area contributed by atoms with E-state index in [9.17, 15) is 0 Å². The van der Waals surface area contributed by atoms with E-state index < -0.39 is 0 Å². The van der Waals surface area contributed by atoms with Gasteiger partial charge in [0.2, 0.25) is 0 Å². The minimum Gasteiger partial charge on any atom is -0.117 e. The Labute approximate surface area is 91.6 Å². The monoisotopic (exact) mass is 196 g/mol. The summed E-state index contributed by atoms with van der Waals surface area (Å²) in [6, 6.07) is 10.7. The topological polar surface area (TPSA) is 0 Å². The number of hydrogen-bond acceptors (Lipinski definition) is 0. The van der Waals surface area contributed by atoms with Gasteiger partial charge in [-0.25, -0.2) is 0 Å². The second-order valence-electron chi connectivity index (χ2n) is 3.92. The van der Waals surface area contributed by atoms with Crippen molar-refractivity contribution in [3.63, 3.8) is 0 Å². The summed E-state index contributed by atoms with van der Waals surface area (Å²) in [6.07, 6.45) is 8.50. The van der Waals surface area contributed by atoms with Crippen LogP contribution in [-0.2, 0) is 0 Å². The van der Waals surface area contributed by atoms with Crippen LogP contribution in [-0.4, -0.2) is 0 Å². The van der Waals surface area contributed by atoms with Gasteiger partial charge in [-0.05, 0) is 36.0 Å². The van der Waals surface area contributed by atoms with E-state index in [1.165, 1.54) is 17.6 Å². The van der Waals surface area contributed by atoms with Crippen LogP contribution in [0.1, 0.15) is 31.2 Å². The highest BCUT2D eigenvalue weighted by molar-refractivity contribution is 5.31. The Bertz CT molecular complexity index is 403. The van der Waals surface area contributed by atoms with Gasteiger partial charge in [0.25, 0.3) is 0 Å². The highest BCUT2D eigenvalue weighted by atomic mass is 14.1. The number of hydrogen-bond donors (Lipinski definition) is 0. The number of allylic oxidation sites excluding steroid dienone is 3. The summed E-state index contributed by atoms with van der Waals surface area (Å²) < 4.78 is 0. The van der Waals surface area contributed by atoms with Crippen LogP contribution in [0.4, 0.5) is 0 Å². The van der Waals surface area contributed by atoms with E-state index in [1.807, 2.05) is 6.08 Å². The van der Waals surface area contributed by atoms with Gasteiger partial charge >= 0.3 is 0 Å². The Balaban J connectivity index is 2.11. The Hall–Kier alpha value is -1.52. The first kappa shape index (κ1) is 10.0. The predicted octanol–water partition coefficient (Wildman–Crippen LogP) is 4.22. The average molecular weight is 196 g/mol. The first-order valence-electron chi connectivity index (χ1n) is 5.57. The molecule has 0 aliphatic heterocycles. The lowest BCUT2D eigenvalue weighted by Crippen LogP contribution is -1.97. The van der Waals surface area contributed by atoms with Crippen molar-refractivity contribution in [3.05, 3.63) is 65.4 Å². The summed E-state index contributed by atoms with van der Waals surface area (Å²) in [4.78, 5) is 0. The van der Waals surface area contributed by atoms with E-state index in [2.05, 4.69) is 55.1 Å². The van der Waals surface area contributed by atoms with Crippen molar-refractivity contribution < 1.29 is 0 Å². The Morgan fingerprint density at radius 1 is 1.20 bits per heavy atom. The van der Waals surface area contributed by atoms with Gasteiger partial charge in [-0.1, -0.05) is 49.4 Å². The quantitative estimate of drug-likeness (QED) is 0.632. The minimum absolute atomic E-state index is 0.629. The molecular formula is C15H16. The maximum Gasteiger partial charge on any atom is -0.00541 e. The van der Waals surface area contributed by atoms with Gasteiger partial charge in [0.15, 0.2) is 0 Å². The lowest BCUT2D eigenvalue weighted by molar-refractivity contribution is 0.663. The van der Waals surface area contributed by atoms with Crippen molar-refractivity contribution in [2.24, 2.45) is 0 Å². The van der Waals surface area contributed by atoms with Crippen molar-refractivity contribution in [1.29, 1.82) is 0 Å². The molecule has 0 bridgehead atoms. The van der Waals surface area contributed by atoms with Gasteiger partial charge in [0.1, 0.15) is 0 Å². The molecule has 2 rings (SSSR count). The van der Waals surface area contributed by atoms with Gasteiger partial charge in [-0.2, -0.15) is 0 Å². The van der Waals surface area contributed by atoms with Crippen molar-refractivity contribution in [3.8, 4) is 0 Å². The summed E-state index contributed by atoms with van der Waals surface area (Å²) in [5, 5.41) is 0. The SMILES string of the molecule is CC[C@@H](CC1=C=CC=C1)c1ccccc1. The largest absolute Gasteiger partial charge is 0.117 e. The molecule has 1 atom stereocenters. The van der Waals surface area contributed by atoms with Crippen molar-refractivity contribution in [2.45, 2.75) is 25.7 Å². The molecule has 0 radical (unpaired) electrons. The standard InChI is InChI=1S/C15H16/c1-2-14(12-13-8-6-7-9-13)15-10-4-3-5-11-15/h3-8,10-11,14H,2,12H2,1H3/t14-/m0/s1. The molecule has 76 valence electrons. The van der Waals surface area contributed by atoms with Crippen LogP contribution < -0.4 is 0 Å². The fraction of sp³-hybridized carbons (Fsp3) is 0.267. The van der Waals surface area contributed by atoms with Crippen LogP contribution in [0, 0.1) is 0 Å². The van der Waals surface area contributed by atoms with Crippen molar-refractivity contribution in [2.75, 3.05) is 0 Å². The third-order valence-electron chi connectivity index (χ3n) is 2.89. The molecule has 0 heteroatoms. The summed E-state index contributed by atoms with van der Waals surface area (Å²) in [5.74, 6) is 0.629. The Kier molecular flexibility index (Phi) is 3.22. The van der Waals surface area contributed by atoms with Crippen LogP contribution in [0.3, 0.4) is 0 Å². The highest BCUT2D eigenvalue weighted by Crippen LogP contribution is 2.27. The molecule has 0 saturated carbocycles. The van der Waals surface area contributed by atoms with Gasteiger partial charge < -0.3 is 0 Å². The molecule has 0 amide bonds. The van der Waals surface area contributed by atoms with Crippen LogP contribution in [0.25, 0.3) is 0 Å². The fourth-order valence-corrected chi connectivity index (χ4v) is 1.98. The molecule has 0 fully saturated rings. The van der Waals surface area contributed by atoms with Crippen LogP contribution >= 0.6 is 0 Å². The van der Waals surface area contributed by atoms with Gasteiger partial charge in [0.05, 0.1) is 0 Å². The van der Waals surface area contributed by atoms with Crippen molar-refractivity contribution in [1.82, 2.24) is 0 Å². The summed E-state index contributed by atoms with van der Waals surface area (Å²) in [5.41, 5.74) is 6.04. The zero-order valence-electron chi connectivity index (χ0n) is 9.11. The van der Waals surface area contributed by atoms with Crippen molar-refractivity contribution >= 4 is 0 Å². The zero-order chi connectivity index (χ0) is 10.5. The minimum atomic E-state index is 0.629. The predicted molar refractivity (Wildman–Crippen MR) is 64.8 cm³/mol. The third-order valence-corrected chi connectivity index (χ3v) is 2.89. The summed E-state index contributed by atoms with van der Waals surface area (Å²) >= 11 is 0. The number of benzene rings is 1. The third kappa shape index (κ3) is 2.49. The average Bonchev–Trinajstić information content (AvgIpc) is 2.80. The van der Waals surface area contributed by atoms with Gasteiger partial charge in [-0.3, -0.25) is 0 Å². The van der Waals surface area contributed by atoms with Crippen LogP contribution in [0.5, 0.6) is 0 Å². The molecule has 1 aliphatic rings. The Morgan fingerprint density at radius 2 is 2.00 bits per heavy atom. The molecule has 1 aromatic carbocycles. The van der Waals surface area contributed by atoms with Gasteiger partial charge in [-0.15, -0.1) is 5.73 Å². The fourth-order valence-electron chi connectivity index (χ4n) is 1.98. The maximum absolute atomic E-state index is 3.27. The summed E-state index contributed by atoms with van der Waals surface area (Å²) in [7, 11) is 0. The van der Waals surface area contributed by atoms with E-state index in [0.29, 0.717) is 5.92 Å². The molecule has 0 aromatic heterocycles.